The zero-order valence-corrected chi connectivity index (χ0v) is 12.9. The fourth-order valence-electron chi connectivity index (χ4n) is 2.03. The van der Waals surface area contributed by atoms with Gasteiger partial charge in [-0.15, -0.1) is 0 Å². The first-order valence-corrected chi connectivity index (χ1v) is 7.59. The molecule has 0 aromatic heterocycles. The van der Waals surface area contributed by atoms with Crippen LogP contribution in [0.15, 0.2) is 24.3 Å². The standard InChI is InChI=1S/C17H29NO/c1-5-11-18-15(4)16-9-6-10-17(13-16)19-12-7-8-14(2)3/h6,9-10,13-15,18H,5,7-8,11-12H2,1-4H3. The monoisotopic (exact) mass is 263 g/mol. The largest absolute Gasteiger partial charge is 0.494 e. The number of nitrogens with one attached hydrogen (secondary N) is 1. The lowest BCUT2D eigenvalue weighted by Crippen LogP contribution is -2.19. The Hall–Kier alpha value is -1.02. The summed E-state index contributed by atoms with van der Waals surface area (Å²) >= 11 is 0. The van der Waals surface area contributed by atoms with Gasteiger partial charge in [0.1, 0.15) is 5.75 Å². The van der Waals surface area contributed by atoms with E-state index in [1.807, 2.05) is 6.07 Å². The second-order valence-corrected chi connectivity index (χ2v) is 5.63. The third kappa shape index (κ3) is 6.63. The predicted octanol–water partition coefficient (Wildman–Crippen LogP) is 4.56. The van der Waals surface area contributed by atoms with Crippen LogP contribution in [0.1, 0.15) is 58.6 Å². The van der Waals surface area contributed by atoms with Gasteiger partial charge in [-0.25, -0.2) is 0 Å². The molecule has 0 amide bonds. The van der Waals surface area contributed by atoms with E-state index in [0.29, 0.717) is 6.04 Å². The highest BCUT2D eigenvalue weighted by Crippen LogP contribution is 2.19. The third-order valence-corrected chi connectivity index (χ3v) is 3.25. The highest BCUT2D eigenvalue weighted by Gasteiger charge is 2.05. The van der Waals surface area contributed by atoms with Gasteiger partial charge < -0.3 is 10.1 Å². The second kappa shape index (κ2) is 8.98. The van der Waals surface area contributed by atoms with Crippen LogP contribution in [0.4, 0.5) is 0 Å². The van der Waals surface area contributed by atoms with Crippen molar-refractivity contribution in [3.05, 3.63) is 29.8 Å². The molecule has 0 aliphatic heterocycles. The van der Waals surface area contributed by atoms with E-state index >= 15 is 0 Å². The van der Waals surface area contributed by atoms with Crippen molar-refractivity contribution < 1.29 is 4.74 Å². The third-order valence-electron chi connectivity index (χ3n) is 3.25. The molecule has 0 aliphatic carbocycles. The van der Waals surface area contributed by atoms with Crippen molar-refractivity contribution in [3.8, 4) is 5.75 Å². The number of benzene rings is 1. The molecule has 2 heteroatoms. The molecule has 0 spiro atoms. The summed E-state index contributed by atoms with van der Waals surface area (Å²) in [6.07, 6.45) is 3.52. The van der Waals surface area contributed by atoms with E-state index in [0.717, 1.165) is 37.7 Å². The van der Waals surface area contributed by atoms with Crippen molar-refractivity contribution in [2.75, 3.05) is 13.2 Å². The molecule has 1 N–H and O–H groups in total. The predicted molar refractivity (Wildman–Crippen MR) is 82.7 cm³/mol. The Bertz CT molecular complexity index is 349. The maximum Gasteiger partial charge on any atom is 0.119 e. The van der Waals surface area contributed by atoms with Gasteiger partial charge in [0, 0.05) is 6.04 Å². The van der Waals surface area contributed by atoms with E-state index < -0.39 is 0 Å². The van der Waals surface area contributed by atoms with Crippen LogP contribution in [-0.4, -0.2) is 13.2 Å². The lowest BCUT2D eigenvalue weighted by molar-refractivity contribution is 0.297. The first kappa shape index (κ1) is 16.0. The lowest BCUT2D eigenvalue weighted by Gasteiger charge is -2.15. The van der Waals surface area contributed by atoms with Crippen LogP contribution in [-0.2, 0) is 0 Å². The highest BCUT2D eigenvalue weighted by atomic mass is 16.5. The SMILES string of the molecule is CCCNC(C)c1cccc(OCCCC(C)C)c1. The van der Waals surface area contributed by atoms with Crippen LogP contribution in [0.3, 0.4) is 0 Å². The van der Waals surface area contributed by atoms with Crippen molar-refractivity contribution in [3.63, 3.8) is 0 Å². The van der Waals surface area contributed by atoms with Crippen LogP contribution < -0.4 is 10.1 Å². The molecule has 1 unspecified atom stereocenters. The van der Waals surface area contributed by atoms with Crippen LogP contribution >= 0.6 is 0 Å². The average Bonchev–Trinajstić information content (AvgIpc) is 2.41. The summed E-state index contributed by atoms with van der Waals surface area (Å²) in [6, 6.07) is 8.83. The van der Waals surface area contributed by atoms with E-state index in [2.05, 4.69) is 51.2 Å². The van der Waals surface area contributed by atoms with Gasteiger partial charge in [0.2, 0.25) is 0 Å². The summed E-state index contributed by atoms with van der Waals surface area (Å²) in [5, 5.41) is 3.50. The van der Waals surface area contributed by atoms with Crippen LogP contribution in [0.2, 0.25) is 0 Å². The molecule has 0 aliphatic rings. The minimum atomic E-state index is 0.388. The first-order valence-electron chi connectivity index (χ1n) is 7.59. The van der Waals surface area contributed by atoms with E-state index in [1.54, 1.807) is 0 Å². The zero-order valence-electron chi connectivity index (χ0n) is 12.9. The van der Waals surface area contributed by atoms with Gasteiger partial charge in [0.25, 0.3) is 0 Å². The topological polar surface area (TPSA) is 21.3 Å². The van der Waals surface area contributed by atoms with E-state index in [9.17, 15) is 0 Å². The molecule has 108 valence electrons. The van der Waals surface area contributed by atoms with Gasteiger partial charge in [-0.05, 0) is 56.3 Å². The van der Waals surface area contributed by atoms with Crippen LogP contribution in [0.5, 0.6) is 5.75 Å². The summed E-state index contributed by atoms with van der Waals surface area (Å²) in [5.41, 5.74) is 1.30. The van der Waals surface area contributed by atoms with E-state index in [4.69, 9.17) is 4.74 Å². The van der Waals surface area contributed by atoms with E-state index in [-0.39, 0.29) is 0 Å². The van der Waals surface area contributed by atoms with Gasteiger partial charge in [0.05, 0.1) is 6.61 Å². The molecule has 1 aromatic rings. The van der Waals surface area contributed by atoms with E-state index in [1.165, 1.54) is 12.0 Å². The number of rotatable bonds is 9. The maximum absolute atomic E-state index is 5.82. The van der Waals surface area contributed by atoms with Crippen molar-refractivity contribution in [2.45, 2.75) is 53.0 Å². The summed E-state index contributed by atoms with van der Waals surface area (Å²) in [4.78, 5) is 0. The van der Waals surface area contributed by atoms with Crippen molar-refractivity contribution in [1.29, 1.82) is 0 Å². The average molecular weight is 263 g/mol. The Balaban J connectivity index is 2.43. The summed E-state index contributed by atoms with van der Waals surface area (Å²) in [7, 11) is 0. The number of ether oxygens (including phenoxy) is 1. The van der Waals surface area contributed by atoms with Crippen LogP contribution in [0, 0.1) is 5.92 Å². The van der Waals surface area contributed by atoms with Gasteiger partial charge in [-0.1, -0.05) is 32.9 Å². The normalized spacial score (nSPS) is 12.7. The molecular weight excluding hydrogens is 234 g/mol. The molecule has 0 bridgehead atoms. The Labute approximate surface area is 118 Å². The molecule has 1 aromatic carbocycles. The molecule has 19 heavy (non-hydrogen) atoms. The quantitative estimate of drug-likeness (QED) is 0.659. The second-order valence-electron chi connectivity index (χ2n) is 5.63. The number of hydrogen-bond acceptors (Lipinski definition) is 2. The molecule has 2 nitrogen and oxygen atoms in total. The summed E-state index contributed by atoms with van der Waals surface area (Å²) in [5.74, 6) is 1.75. The fraction of sp³-hybridized carbons (Fsp3) is 0.647. The molecule has 0 heterocycles. The molecule has 0 fully saturated rings. The van der Waals surface area contributed by atoms with Crippen molar-refractivity contribution in [2.24, 2.45) is 5.92 Å². The smallest absolute Gasteiger partial charge is 0.119 e. The van der Waals surface area contributed by atoms with Gasteiger partial charge in [0.15, 0.2) is 0 Å². The van der Waals surface area contributed by atoms with Crippen molar-refractivity contribution >= 4 is 0 Å². The molecule has 1 atom stereocenters. The molecule has 1 rings (SSSR count). The zero-order chi connectivity index (χ0) is 14.1. The van der Waals surface area contributed by atoms with Gasteiger partial charge >= 0.3 is 0 Å². The van der Waals surface area contributed by atoms with Crippen molar-refractivity contribution in [1.82, 2.24) is 5.32 Å². The van der Waals surface area contributed by atoms with Crippen LogP contribution in [0.25, 0.3) is 0 Å². The minimum absolute atomic E-state index is 0.388. The molecule has 0 saturated heterocycles. The number of hydrogen-bond donors (Lipinski definition) is 1. The lowest BCUT2D eigenvalue weighted by atomic mass is 10.1. The summed E-state index contributed by atoms with van der Waals surface area (Å²) < 4.78 is 5.82. The molecular formula is C17H29NO. The molecule has 0 radical (unpaired) electrons. The Morgan fingerprint density at radius 1 is 1.21 bits per heavy atom. The first-order chi connectivity index (χ1) is 9.13. The fourth-order valence-corrected chi connectivity index (χ4v) is 2.03. The van der Waals surface area contributed by atoms with Gasteiger partial charge in [-0.3, -0.25) is 0 Å². The van der Waals surface area contributed by atoms with Gasteiger partial charge in [-0.2, -0.15) is 0 Å². The summed E-state index contributed by atoms with van der Waals surface area (Å²) in [6.45, 7) is 10.8. The Kier molecular flexibility index (Phi) is 7.57. The Morgan fingerprint density at radius 2 is 2.00 bits per heavy atom. The Morgan fingerprint density at radius 3 is 2.68 bits per heavy atom. The maximum atomic E-state index is 5.82. The highest BCUT2D eigenvalue weighted by molar-refractivity contribution is 5.30. The molecule has 0 saturated carbocycles. The minimum Gasteiger partial charge on any atom is -0.494 e.